The van der Waals surface area contributed by atoms with Crippen molar-refractivity contribution in [2.24, 2.45) is 11.8 Å². The van der Waals surface area contributed by atoms with E-state index in [-0.39, 0.29) is 0 Å². The highest BCUT2D eigenvalue weighted by Crippen LogP contribution is 2.29. The van der Waals surface area contributed by atoms with Crippen LogP contribution >= 0.6 is 0 Å². The van der Waals surface area contributed by atoms with Gasteiger partial charge in [-0.3, -0.25) is 0 Å². The van der Waals surface area contributed by atoms with Crippen molar-refractivity contribution in [2.45, 2.75) is 66.6 Å². The zero-order valence-electron chi connectivity index (χ0n) is 10.1. The Kier molecular flexibility index (Phi) is 6.40. The van der Waals surface area contributed by atoms with E-state index in [0.29, 0.717) is 12.2 Å². The summed E-state index contributed by atoms with van der Waals surface area (Å²) in [6.07, 6.45) is 3.46. The van der Waals surface area contributed by atoms with Gasteiger partial charge in [-0.15, -0.1) is 0 Å². The Labute approximate surface area is 83.9 Å². The molecule has 0 aliphatic carbocycles. The molecule has 1 heterocycles. The summed E-state index contributed by atoms with van der Waals surface area (Å²) < 4.78 is 5.67. The van der Waals surface area contributed by atoms with Crippen LogP contribution in [0.5, 0.6) is 0 Å². The fourth-order valence-corrected chi connectivity index (χ4v) is 2.00. The Morgan fingerprint density at radius 2 is 1.38 bits per heavy atom. The maximum absolute atomic E-state index is 5.67. The lowest BCUT2D eigenvalue weighted by Gasteiger charge is -2.34. The Morgan fingerprint density at radius 3 is 1.69 bits per heavy atom. The van der Waals surface area contributed by atoms with Crippen LogP contribution in [-0.4, -0.2) is 12.2 Å². The first-order chi connectivity index (χ1) is 6.09. The van der Waals surface area contributed by atoms with Crippen molar-refractivity contribution < 1.29 is 4.74 Å². The highest BCUT2D eigenvalue weighted by molar-refractivity contribution is 4.75. The number of hydrogen-bond donors (Lipinski definition) is 0. The topological polar surface area (TPSA) is 9.23 Å². The maximum atomic E-state index is 5.67. The van der Waals surface area contributed by atoms with Gasteiger partial charge in [0.15, 0.2) is 0 Å². The second-order valence-corrected chi connectivity index (χ2v) is 4.23. The molecule has 80 valence electrons. The van der Waals surface area contributed by atoms with Crippen LogP contribution in [0.25, 0.3) is 0 Å². The predicted molar refractivity (Wildman–Crippen MR) is 58.9 cm³/mol. The van der Waals surface area contributed by atoms with Gasteiger partial charge in [-0.2, -0.15) is 0 Å². The first-order valence-corrected chi connectivity index (χ1v) is 5.75. The van der Waals surface area contributed by atoms with Crippen molar-refractivity contribution in [1.82, 2.24) is 0 Å². The molecule has 1 rings (SSSR count). The second kappa shape index (κ2) is 6.42. The van der Waals surface area contributed by atoms with Crippen LogP contribution in [0, 0.1) is 11.8 Å². The lowest BCUT2D eigenvalue weighted by Crippen LogP contribution is -2.31. The molecule has 1 aliphatic heterocycles. The lowest BCUT2D eigenvalue weighted by molar-refractivity contribution is -0.0605. The summed E-state index contributed by atoms with van der Waals surface area (Å²) in [5.74, 6) is 1.71. The molecule has 0 spiro atoms. The van der Waals surface area contributed by atoms with Gasteiger partial charge in [-0.25, -0.2) is 0 Å². The van der Waals surface area contributed by atoms with Crippen LogP contribution in [0.15, 0.2) is 0 Å². The minimum atomic E-state index is 0.478. The summed E-state index contributed by atoms with van der Waals surface area (Å²) in [6.45, 7) is 13.0. The van der Waals surface area contributed by atoms with Gasteiger partial charge in [-0.05, 0) is 38.5 Å². The monoisotopic (exact) mass is 186 g/mol. The molecule has 13 heavy (non-hydrogen) atoms. The Morgan fingerprint density at radius 1 is 1.00 bits per heavy atom. The summed E-state index contributed by atoms with van der Waals surface area (Å²) in [5.41, 5.74) is 0. The van der Waals surface area contributed by atoms with E-state index in [9.17, 15) is 0 Å². The first-order valence-electron chi connectivity index (χ1n) is 5.75. The van der Waals surface area contributed by atoms with Gasteiger partial charge in [0.25, 0.3) is 0 Å². The fourth-order valence-electron chi connectivity index (χ4n) is 2.00. The van der Waals surface area contributed by atoms with E-state index in [0.717, 1.165) is 11.8 Å². The van der Waals surface area contributed by atoms with Gasteiger partial charge < -0.3 is 4.74 Å². The van der Waals surface area contributed by atoms with Gasteiger partial charge >= 0.3 is 0 Å². The molecule has 1 fully saturated rings. The van der Waals surface area contributed by atoms with E-state index in [2.05, 4.69) is 27.7 Å². The third-order valence-corrected chi connectivity index (χ3v) is 2.68. The molecular weight excluding hydrogens is 160 g/mol. The molecule has 1 aliphatic rings. The highest BCUT2D eigenvalue weighted by atomic mass is 16.5. The zero-order chi connectivity index (χ0) is 10.4. The fraction of sp³-hybridized carbons (Fsp3) is 1.00. The molecular formula is C12H26O. The highest BCUT2D eigenvalue weighted by Gasteiger charge is 2.25. The van der Waals surface area contributed by atoms with Crippen LogP contribution in [0.4, 0.5) is 0 Å². The van der Waals surface area contributed by atoms with Gasteiger partial charge in [0, 0.05) is 0 Å². The average Bonchev–Trinajstić information content (AvgIpc) is 2.06. The normalized spacial score (nSPS) is 33.9. The predicted octanol–water partition coefficient (Wildman–Crippen LogP) is 3.87. The van der Waals surface area contributed by atoms with E-state index in [1.165, 1.54) is 12.8 Å². The first kappa shape index (κ1) is 13.0. The quantitative estimate of drug-likeness (QED) is 0.604. The van der Waals surface area contributed by atoms with Gasteiger partial charge in [0.1, 0.15) is 0 Å². The maximum Gasteiger partial charge on any atom is 0.0553 e. The molecule has 0 amide bonds. The molecule has 1 nitrogen and oxygen atoms in total. The SMILES string of the molecule is CC.CC(C)C1C[C@H](C)O[C@@H](C)C1. The van der Waals surface area contributed by atoms with E-state index in [1.807, 2.05) is 13.8 Å². The summed E-state index contributed by atoms with van der Waals surface area (Å²) in [5, 5.41) is 0. The van der Waals surface area contributed by atoms with Crippen molar-refractivity contribution in [1.29, 1.82) is 0 Å². The van der Waals surface area contributed by atoms with Crippen molar-refractivity contribution in [3.8, 4) is 0 Å². The van der Waals surface area contributed by atoms with Gasteiger partial charge in [0.05, 0.1) is 12.2 Å². The Balaban J connectivity index is 0.000000671. The van der Waals surface area contributed by atoms with Gasteiger partial charge in [-0.1, -0.05) is 27.7 Å². The molecule has 0 aromatic rings. The van der Waals surface area contributed by atoms with E-state index in [4.69, 9.17) is 4.74 Å². The molecule has 0 aromatic heterocycles. The Bertz CT molecular complexity index is 110. The lowest BCUT2D eigenvalue weighted by atomic mass is 9.84. The third-order valence-electron chi connectivity index (χ3n) is 2.68. The second-order valence-electron chi connectivity index (χ2n) is 4.23. The summed E-state index contributed by atoms with van der Waals surface area (Å²) in [7, 11) is 0. The largest absolute Gasteiger partial charge is 0.376 e. The minimum absolute atomic E-state index is 0.478. The van der Waals surface area contributed by atoms with E-state index in [1.54, 1.807) is 0 Å². The van der Waals surface area contributed by atoms with E-state index < -0.39 is 0 Å². The molecule has 0 aromatic carbocycles. The number of ether oxygens (including phenoxy) is 1. The molecule has 1 heteroatoms. The number of hydrogen-bond acceptors (Lipinski definition) is 1. The van der Waals surface area contributed by atoms with Crippen molar-refractivity contribution in [3.63, 3.8) is 0 Å². The van der Waals surface area contributed by atoms with Crippen molar-refractivity contribution >= 4 is 0 Å². The number of rotatable bonds is 1. The average molecular weight is 186 g/mol. The molecule has 2 atom stereocenters. The smallest absolute Gasteiger partial charge is 0.0553 e. The molecule has 0 N–H and O–H groups in total. The third kappa shape index (κ3) is 4.66. The van der Waals surface area contributed by atoms with Crippen molar-refractivity contribution in [3.05, 3.63) is 0 Å². The molecule has 0 radical (unpaired) electrons. The Hall–Kier alpha value is -0.0400. The minimum Gasteiger partial charge on any atom is -0.376 e. The summed E-state index contributed by atoms with van der Waals surface area (Å²) >= 11 is 0. The van der Waals surface area contributed by atoms with Crippen LogP contribution < -0.4 is 0 Å². The van der Waals surface area contributed by atoms with Crippen LogP contribution in [0.1, 0.15) is 54.4 Å². The van der Waals surface area contributed by atoms with Gasteiger partial charge in [0.2, 0.25) is 0 Å². The molecule has 0 saturated carbocycles. The summed E-state index contributed by atoms with van der Waals surface area (Å²) in [4.78, 5) is 0. The molecule has 1 saturated heterocycles. The standard InChI is InChI=1S/C10H20O.C2H6/c1-7(2)10-5-8(3)11-9(4)6-10;1-2/h7-10H,5-6H2,1-4H3;1-2H3/t8-,9-;/m0./s1. The zero-order valence-corrected chi connectivity index (χ0v) is 10.1. The van der Waals surface area contributed by atoms with Crippen molar-refractivity contribution in [2.75, 3.05) is 0 Å². The van der Waals surface area contributed by atoms with Crippen LogP contribution in [0.2, 0.25) is 0 Å². The van der Waals surface area contributed by atoms with Crippen LogP contribution in [-0.2, 0) is 4.74 Å². The van der Waals surface area contributed by atoms with E-state index >= 15 is 0 Å². The molecule has 0 unspecified atom stereocenters. The summed E-state index contributed by atoms with van der Waals surface area (Å²) in [6, 6.07) is 0. The molecule has 0 bridgehead atoms. The van der Waals surface area contributed by atoms with Crippen LogP contribution in [0.3, 0.4) is 0 Å².